The van der Waals surface area contributed by atoms with E-state index in [1.54, 1.807) is 11.8 Å². The van der Waals surface area contributed by atoms with E-state index in [0.29, 0.717) is 13.1 Å². The second-order valence-corrected chi connectivity index (χ2v) is 5.36. The predicted molar refractivity (Wildman–Crippen MR) is 71.0 cm³/mol. The molecule has 1 aromatic carbocycles. The molecule has 2 atom stereocenters. The van der Waals surface area contributed by atoms with Crippen molar-refractivity contribution in [2.75, 3.05) is 13.1 Å². The first-order valence-corrected chi connectivity index (χ1v) is 6.87. The summed E-state index contributed by atoms with van der Waals surface area (Å²) in [4.78, 5) is 13.7. The minimum absolute atomic E-state index is 0.0400. The highest BCUT2D eigenvalue weighted by Crippen LogP contribution is 2.21. The van der Waals surface area contributed by atoms with Gasteiger partial charge in [0.2, 0.25) is 5.91 Å². The zero-order valence-corrected chi connectivity index (χ0v) is 11.5. The van der Waals surface area contributed by atoms with Crippen molar-refractivity contribution in [3.63, 3.8) is 0 Å². The number of amides is 1. The standard InChI is InChI=1S/C15H19F2NO2/c1-10(19)11-4-3-7-18(9-11)15(20)8-12-13(16)5-2-6-14(12)17/h2,5-6,10-11,19H,3-4,7-9H2,1H3. The Balaban J connectivity index is 2.05. The second kappa shape index (κ2) is 6.31. The van der Waals surface area contributed by atoms with Crippen LogP contribution in [0.4, 0.5) is 8.78 Å². The van der Waals surface area contributed by atoms with Gasteiger partial charge < -0.3 is 10.0 Å². The first-order valence-electron chi connectivity index (χ1n) is 6.87. The SMILES string of the molecule is CC(O)C1CCCN(C(=O)Cc2c(F)cccc2F)C1. The van der Waals surface area contributed by atoms with E-state index < -0.39 is 17.7 Å². The molecule has 5 heteroatoms. The summed E-state index contributed by atoms with van der Waals surface area (Å²) in [6.45, 7) is 2.74. The molecule has 0 bridgehead atoms. The zero-order valence-electron chi connectivity index (χ0n) is 11.5. The topological polar surface area (TPSA) is 40.5 Å². The minimum atomic E-state index is -0.692. The fourth-order valence-electron chi connectivity index (χ4n) is 2.59. The van der Waals surface area contributed by atoms with Crippen LogP contribution in [0.25, 0.3) is 0 Å². The van der Waals surface area contributed by atoms with Crippen molar-refractivity contribution in [1.29, 1.82) is 0 Å². The van der Waals surface area contributed by atoms with Crippen molar-refractivity contribution >= 4 is 5.91 Å². The van der Waals surface area contributed by atoms with E-state index in [2.05, 4.69) is 0 Å². The minimum Gasteiger partial charge on any atom is -0.393 e. The number of hydrogen-bond donors (Lipinski definition) is 1. The Bertz CT molecular complexity index is 471. The number of likely N-dealkylation sites (tertiary alicyclic amines) is 1. The number of hydrogen-bond acceptors (Lipinski definition) is 2. The molecule has 1 fully saturated rings. The number of rotatable bonds is 3. The Morgan fingerprint density at radius 1 is 1.45 bits per heavy atom. The third kappa shape index (κ3) is 3.33. The van der Waals surface area contributed by atoms with Gasteiger partial charge in [-0.15, -0.1) is 0 Å². The molecular formula is C15H19F2NO2. The van der Waals surface area contributed by atoms with Crippen LogP contribution in [0.3, 0.4) is 0 Å². The van der Waals surface area contributed by atoms with Gasteiger partial charge in [0, 0.05) is 24.6 Å². The lowest BCUT2D eigenvalue weighted by molar-refractivity contribution is -0.133. The van der Waals surface area contributed by atoms with Crippen LogP contribution in [0.15, 0.2) is 18.2 Å². The highest BCUT2D eigenvalue weighted by molar-refractivity contribution is 5.79. The maximum absolute atomic E-state index is 13.5. The van der Waals surface area contributed by atoms with Gasteiger partial charge in [0.15, 0.2) is 0 Å². The number of benzene rings is 1. The fraction of sp³-hybridized carbons (Fsp3) is 0.533. The van der Waals surface area contributed by atoms with E-state index in [1.807, 2.05) is 0 Å². The zero-order chi connectivity index (χ0) is 14.7. The molecule has 20 heavy (non-hydrogen) atoms. The van der Waals surface area contributed by atoms with E-state index in [1.165, 1.54) is 6.07 Å². The lowest BCUT2D eigenvalue weighted by Gasteiger charge is -2.34. The van der Waals surface area contributed by atoms with Crippen LogP contribution in [0.2, 0.25) is 0 Å². The van der Waals surface area contributed by atoms with Crippen LogP contribution in [0.5, 0.6) is 0 Å². The molecule has 0 aromatic heterocycles. The third-order valence-corrected chi connectivity index (χ3v) is 3.88. The van der Waals surface area contributed by atoms with Crippen molar-refractivity contribution in [1.82, 2.24) is 4.90 Å². The van der Waals surface area contributed by atoms with Gasteiger partial charge in [-0.3, -0.25) is 4.79 Å². The molecule has 1 aliphatic rings. The summed E-state index contributed by atoms with van der Waals surface area (Å²) < 4.78 is 27.1. The molecule has 3 nitrogen and oxygen atoms in total. The number of halogens is 2. The highest BCUT2D eigenvalue weighted by Gasteiger charge is 2.27. The van der Waals surface area contributed by atoms with Gasteiger partial charge >= 0.3 is 0 Å². The highest BCUT2D eigenvalue weighted by atomic mass is 19.1. The smallest absolute Gasteiger partial charge is 0.227 e. The van der Waals surface area contributed by atoms with Crippen LogP contribution >= 0.6 is 0 Å². The summed E-state index contributed by atoms with van der Waals surface area (Å²) in [5, 5.41) is 9.60. The van der Waals surface area contributed by atoms with Gasteiger partial charge in [-0.05, 0) is 31.9 Å². The Kier molecular flexibility index (Phi) is 4.70. The van der Waals surface area contributed by atoms with Crippen LogP contribution in [0.1, 0.15) is 25.3 Å². The van der Waals surface area contributed by atoms with E-state index in [9.17, 15) is 18.7 Å². The quantitative estimate of drug-likeness (QED) is 0.923. The molecule has 1 N–H and O–H groups in total. The average molecular weight is 283 g/mol. The third-order valence-electron chi connectivity index (χ3n) is 3.88. The normalized spacial score (nSPS) is 20.8. The van der Waals surface area contributed by atoms with Crippen molar-refractivity contribution in [3.05, 3.63) is 35.4 Å². The predicted octanol–water partition coefficient (Wildman–Crippen LogP) is 2.13. The first-order chi connectivity index (χ1) is 9.49. The summed E-state index contributed by atoms with van der Waals surface area (Å²) in [5.41, 5.74) is -0.184. The number of carbonyl (C=O) groups is 1. The maximum Gasteiger partial charge on any atom is 0.227 e. The molecular weight excluding hydrogens is 264 g/mol. The molecule has 1 heterocycles. The molecule has 1 saturated heterocycles. The Morgan fingerprint density at radius 2 is 2.10 bits per heavy atom. The van der Waals surface area contributed by atoms with Crippen molar-refractivity contribution < 1.29 is 18.7 Å². The molecule has 0 spiro atoms. The van der Waals surface area contributed by atoms with E-state index in [4.69, 9.17) is 0 Å². The number of aliphatic hydroxyl groups excluding tert-OH is 1. The molecule has 0 radical (unpaired) electrons. The lowest BCUT2D eigenvalue weighted by Crippen LogP contribution is -2.43. The van der Waals surface area contributed by atoms with E-state index >= 15 is 0 Å². The monoisotopic (exact) mass is 283 g/mol. The fourth-order valence-corrected chi connectivity index (χ4v) is 2.59. The second-order valence-electron chi connectivity index (χ2n) is 5.36. The van der Waals surface area contributed by atoms with Crippen molar-refractivity contribution in [2.24, 2.45) is 5.92 Å². The summed E-state index contributed by atoms with van der Waals surface area (Å²) in [5.74, 6) is -1.64. The molecule has 2 unspecified atom stereocenters. The molecule has 0 saturated carbocycles. The number of nitrogens with zero attached hydrogens (tertiary/aromatic N) is 1. The van der Waals surface area contributed by atoms with Gasteiger partial charge in [-0.1, -0.05) is 6.07 Å². The molecule has 2 rings (SSSR count). The molecule has 1 aromatic rings. The van der Waals surface area contributed by atoms with Crippen molar-refractivity contribution in [2.45, 2.75) is 32.3 Å². The van der Waals surface area contributed by atoms with Crippen LogP contribution in [0, 0.1) is 17.6 Å². The van der Waals surface area contributed by atoms with Crippen molar-refractivity contribution in [3.8, 4) is 0 Å². The summed E-state index contributed by atoms with van der Waals surface area (Å²) in [6.07, 6.45) is 0.928. The largest absolute Gasteiger partial charge is 0.393 e. The van der Waals surface area contributed by atoms with Gasteiger partial charge in [-0.2, -0.15) is 0 Å². The molecule has 110 valence electrons. The molecule has 1 amide bonds. The van der Waals surface area contributed by atoms with Gasteiger partial charge in [0.1, 0.15) is 11.6 Å². The summed E-state index contributed by atoms with van der Waals surface area (Å²) >= 11 is 0. The summed E-state index contributed by atoms with van der Waals surface area (Å²) in [7, 11) is 0. The van der Waals surface area contributed by atoms with E-state index in [0.717, 1.165) is 25.0 Å². The molecule has 1 aliphatic heterocycles. The Labute approximate surface area is 117 Å². The van der Waals surface area contributed by atoms with Crippen LogP contribution < -0.4 is 0 Å². The van der Waals surface area contributed by atoms with Gasteiger partial charge in [0.25, 0.3) is 0 Å². The number of aliphatic hydroxyl groups is 1. The Morgan fingerprint density at radius 3 is 2.70 bits per heavy atom. The Hall–Kier alpha value is -1.49. The number of piperidine rings is 1. The van der Waals surface area contributed by atoms with E-state index in [-0.39, 0.29) is 23.8 Å². The average Bonchev–Trinajstić information content (AvgIpc) is 2.43. The van der Waals surface area contributed by atoms with Gasteiger partial charge in [-0.25, -0.2) is 8.78 Å². The first kappa shape index (κ1) is 14.9. The van der Waals surface area contributed by atoms with Crippen LogP contribution in [-0.2, 0) is 11.2 Å². The van der Waals surface area contributed by atoms with Crippen LogP contribution in [-0.4, -0.2) is 35.1 Å². The number of carbonyl (C=O) groups excluding carboxylic acids is 1. The van der Waals surface area contributed by atoms with Gasteiger partial charge in [0.05, 0.1) is 12.5 Å². The molecule has 0 aliphatic carbocycles. The summed E-state index contributed by atoms with van der Waals surface area (Å²) in [6, 6.07) is 3.59. The lowest BCUT2D eigenvalue weighted by atomic mass is 9.93. The maximum atomic E-state index is 13.5.